The Bertz CT molecular complexity index is 760. The van der Waals surface area contributed by atoms with E-state index in [2.05, 4.69) is 39.1 Å². The standard InChI is InChI=1S/C22H27N3O/c26-21(22-10-16-7-17(11-22)9-18(8-16)12-22)24-13-19-3-1-2-4-20(19)14-25-6-5-23-15-25/h1-6,15-18H,7-14H2,(H,24,26). The van der Waals surface area contributed by atoms with Gasteiger partial charge in [-0.3, -0.25) is 4.79 Å². The highest BCUT2D eigenvalue weighted by molar-refractivity contribution is 5.83. The molecule has 0 saturated heterocycles. The molecular formula is C22H27N3O. The molecular weight excluding hydrogens is 322 g/mol. The van der Waals surface area contributed by atoms with Crippen LogP contribution in [0.3, 0.4) is 0 Å². The lowest BCUT2D eigenvalue weighted by molar-refractivity contribution is -0.146. The van der Waals surface area contributed by atoms with Gasteiger partial charge < -0.3 is 9.88 Å². The summed E-state index contributed by atoms with van der Waals surface area (Å²) in [4.78, 5) is 17.3. The van der Waals surface area contributed by atoms with Gasteiger partial charge in [0, 0.05) is 30.9 Å². The fourth-order valence-electron chi connectivity index (χ4n) is 6.21. The highest BCUT2D eigenvalue weighted by Crippen LogP contribution is 2.60. The maximum atomic E-state index is 13.2. The first-order valence-electron chi connectivity index (χ1n) is 10.0. The molecule has 0 atom stereocenters. The van der Waals surface area contributed by atoms with Crippen LogP contribution in [0, 0.1) is 23.2 Å². The van der Waals surface area contributed by atoms with Crippen molar-refractivity contribution in [2.45, 2.75) is 51.6 Å². The van der Waals surface area contributed by atoms with Crippen LogP contribution in [0.1, 0.15) is 49.7 Å². The molecule has 6 rings (SSSR count). The van der Waals surface area contributed by atoms with E-state index in [1.807, 2.05) is 12.5 Å². The SMILES string of the molecule is O=C(NCc1ccccc1Cn1ccnc1)C12CC3CC(CC(C3)C1)C2. The maximum Gasteiger partial charge on any atom is 0.226 e. The Kier molecular flexibility index (Phi) is 3.87. The van der Waals surface area contributed by atoms with Crippen LogP contribution in [-0.4, -0.2) is 15.5 Å². The van der Waals surface area contributed by atoms with E-state index < -0.39 is 0 Å². The summed E-state index contributed by atoms with van der Waals surface area (Å²) in [7, 11) is 0. The van der Waals surface area contributed by atoms with E-state index in [1.165, 1.54) is 30.4 Å². The highest BCUT2D eigenvalue weighted by atomic mass is 16.2. The Morgan fingerprint density at radius 1 is 1.08 bits per heavy atom. The second kappa shape index (κ2) is 6.26. The first-order chi connectivity index (χ1) is 12.7. The molecule has 0 radical (unpaired) electrons. The number of carbonyl (C=O) groups is 1. The molecule has 4 bridgehead atoms. The average molecular weight is 349 g/mol. The van der Waals surface area contributed by atoms with Gasteiger partial charge >= 0.3 is 0 Å². The fraction of sp³-hybridized carbons (Fsp3) is 0.545. The van der Waals surface area contributed by atoms with Crippen molar-refractivity contribution in [3.8, 4) is 0 Å². The molecule has 0 aliphatic heterocycles. The summed E-state index contributed by atoms with van der Waals surface area (Å²) < 4.78 is 2.07. The van der Waals surface area contributed by atoms with Crippen molar-refractivity contribution < 1.29 is 4.79 Å². The van der Waals surface area contributed by atoms with Crippen LogP contribution >= 0.6 is 0 Å². The number of hydrogen-bond acceptors (Lipinski definition) is 2. The third-order valence-electron chi connectivity index (χ3n) is 6.99. The van der Waals surface area contributed by atoms with Gasteiger partial charge in [-0.05, 0) is 67.4 Å². The summed E-state index contributed by atoms with van der Waals surface area (Å²) in [5, 5.41) is 3.31. The normalized spacial score (nSPS) is 31.9. The lowest BCUT2D eigenvalue weighted by Gasteiger charge is -2.55. The quantitative estimate of drug-likeness (QED) is 0.893. The smallest absolute Gasteiger partial charge is 0.226 e. The molecule has 1 N–H and O–H groups in total. The van der Waals surface area contributed by atoms with Crippen LogP contribution in [0.2, 0.25) is 0 Å². The van der Waals surface area contributed by atoms with Crippen LogP contribution in [0.25, 0.3) is 0 Å². The summed E-state index contributed by atoms with van der Waals surface area (Å²) in [5.74, 6) is 2.73. The molecule has 0 unspecified atom stereocenters. The molecule has 4 fully saturated rings. The van der Waals surface area contributed by atoms with E-state index in [0.29, 0.717) is 12.5 Å². The van der Waals surface area contributed by atoms with Gasteiger partial charge in [-0.2, -0.15) is 0 Å². The van der Waals surface area contributed by atoms with Crippen LogP contribution in [0.15, 0.2) is 43.0 Å². The van der Waals surface area contributed by atoms with E-state index in [9.17, 15) is 4.79 Å². The zero-order valence-corrected chi connectivity index (χ0v) is 15.2. The maximum absolute atomic E-state index is 13.2. The van der Waals surface area contributed by atoms with E-state index in [-0.39, 0.29) is 5.41 Å². The van der Waals surface area contributed by atoms with Gasteiger partial charge in [0.1, 0.15) is 0 Å². The minimum Gasteiger partial charge on any atom is -0.352 e. The molecule has 26 heavy (non-hydrogen) atoms. The van der Waals surface area contributed by atoms with Gasteiger partial charge in [0.2, 0.25) is 5.91 Å². The van der Waals surface area contributed by atoms with Gasteiger partial charge in [0.15, 0.2) is 0 Å². The molecule has 0 spiro atoms. The third kappa shape index (κ3) is 2.85. The molecule has 4 heteroatoms. The molecule has 2 aromatic rings. The second-order valence-electron chi connectivity index (χ2n) is 8.88. The van der Waals surface area contributed by atoms with Crippen LogP contribution in [0.4, 0.5) is 0 Å². The number of aromatic nitrogens is 2. The monoisotopic (exact) mass is 349 g/mol. The van der Waals surface area contributed by atoms with Crippen molar-refractivity contribution in [3.63, 3.8) is 0 Å². The molecule has 4 aliphatic rings. The summed E-state index contributed by atoms with van der Waals surface area (Å²) in [6, 6.07) is 8.40. The van der Waals surface area contributed by atoms with Crippen LogP contribution in [-0.2, 0) is 17.9 Å². The van der Waals surface area contributed by atoms with Crippen molar-refractivity contribution in [1.29, 1.82) is 0 Å². The zero-order chi connectivity index (χ0) is 17.6. The van der Waals surface area contributed by atoms with Crippen molar-refractivity contribution in [2.75, 3.05) is 0 Å². The average Bonchev–Trinajstić information content (AvgIpc) is 3.12. The second-order valence-corrected chi connectivity index (χ2v) is 8.88. The number of nitrogens with zero attached hydrogens (tertiary/aromatic N) is 2. The first kappa shape index (κ1) is 16.1. The number of imidazole rings is 1. The molecule has 4 nitrogen and oxygen atoms in total. The predicted octanol–water partition coefficient (Wildman–Crippen LogP) is 3.76. The van der Waals surface area contributed by atoms with E-state index in [0.717, 1.165) is 43.6 Å². The summed E-state index contributed by atoms with van der Waals surface area (Å²) in [5.41, 5.74) is 2.39. The molecule has 1 aromatic heterocycles. The highest BCUT2D eigenvalue weighted by Gasteiger charge is 2.54. The molecule has 4 aliphatic carbocycles. The predicted molar refractivity (Wildman–Crippen MR) is 100 cm³/mol. The molecule has 136 valence electrons. The number of rotatable bonds is 5. The van der Waals surface area contributed by atoms with Crippen molar-refractivity contribution in [3.05, 3.63) is 54.1 Å². The van der Waals surface area contributed by atoms with Crippen molar-refractivity contribution >= 4 is 5.91 Å². The number of hydrogen-bond donors (Lipinski definition) is 1. The zero-order valence-electron chi connectivity index (χ0n) is 15.2. The Hall–Kier alpha value is -2.10. The minimum atomic E-state index is -0.0615. The third-order valence-corrected chi connectivity index (χ3v) is 6.99. The van der Waals surface area contributed by atoms with E-state index >= 15 is 0 Å². The van der Waals surface area contributed by atoms with Crippen molar-refractivity contribution in [2.24, 2.45) is 23.2 Å². The minimum absolute atomic E-state index is 0.0615. The Labute approximate surface area is 155 Å². The number of amides is 1. The van der Waals surface area contributed by atoms with Crippen LogP contribution in [0.5, 0.6) is 0 Å². The number of benzene rings is 1. The van der Waals surface area contributed by atoms with E-state index in [4.69, 9.17) is 0 Å². The Balaban J connectivity index is 1.29. The largest absolute Gasteiger partial charge is 0.352 e. The van der Waals surface area contributed by atoms with Gasteiger partial charge in [-0.1, -0.05) is 24.3 Å². The molecule has 1 aromatic carbocycles. The van der Waals surface area contributed by atoms with Gasteiger partial charge in [-0.15, -0.1) is 0 Å². The van der Waals surface area contributed by atoms with Crippen molar-refractivity contribution in [1.82, 2.24) is 14.9 Å². The number of carbonyl (C=O) groups excluding carboxylic acids is 1. The first-order valence-corrected chi connectivity index (χ1v) is 10.0. The molecule has 1 amide bonds. The van der Waals surface area contributed by atoms with Crippen LogP contribution < -0.4 is 5.32 Å². The lowest BCUT2D eigenvalue weighted by atomic mass is 9.49. The lowest BCUT2D eigenvalue weighted by Crippen LogP contribution is -2.53. The topological polar surface area (TPSA) is 46.9 Å². The summed E-state index contributed by atoms with van der Waals surface area (Å²) in [6.07, 6.45) is 13.1. The summed E-state index contributed by atoms with van der Waals surface area (Å²) >= 11 is 0. The Morgan fingerprint density at radius 2 is 1.73 bits per heavy atom. The van der Waals surface area contributed by atoms with E-state index in [1.54, 1.807) is 6.20 Å². The number of nitrogens with one attached hydrogen (secondary N) is 1. The Morgan fingerprint density at radius 3 is 2.35 bits per heavy atom. The summed E-state index contributed by atoms with van der Waals surface area (Å²) in [6.45, 7) is 1.43. The molecule has 4 saturated carbocycles. The van der Waals surface area contributed by atoms with Gasteiger partial charge in [-0.25, -0.2) is 4.98 Å². The fourth-order valence-corrected chi connectivity index (χ4v) is 6.21. The molecule has 1 heterocycles. The van der Waals surface area contributed by atoms with Gasteiger partial charge in [0.25, 0.3) is 0 Å². The van der Waals surface area contributed by atoms with Gasteiger partial charge in [0.05, 0.1) is 6.33 Å².